The standard InChI is InChI=1S/C17H28N2O2S/c1-14(2)12-18-16-8-10-19(11-9-16)13-15-6-4-5-7-17(15)22(3,20)21/h4-7,14,16,18H,8-13H2,1-3H3. The van der Waals surface area contributed by atoms with Crippen LogP contribution >= 0.6 is 0 Å². The van der Waals surface area contributed by atoms with Crippen LogP contribution in [0.5, 0.6) is 0 Å². The van der Waals surface area contributed by atoms with Crippen LogP contribution in [0.3, 0.4) is 0 Å². The lowest BCUT2D eigenvalue weighted by Gasteiger charge is -2.33. The Kier molecular flexibility index (Phi) is 6.01. The Balaban J connectivity index is 1.92. The van der Waals surface area contributed by atoms with Gasteiger partial charge in [0.1, 0.15) is 0 Å². The first-order valence-corrected chi connectivity index (χ1v) is 9.99. The summed E-state index contributed by atoms with van der Waals surface area (Å²) in [5.41, 5.74) is 0.915. The molecule has 1 N–H and O–H groups in total. The highest BCUT2D eigenvalue weighted by atomic mass is 32.2. The van der Waals surface area contributed by atoms with Crippen LogP contribution in [-0.2, 0) is 16.4 Å². The number of nitrogens with one attached hydrogen (secondary N) is 1. The molecule has 0 atom stereocenters. The average molecular weight is 324 g/mol. The van der Waals surface area contributed by atoms with Gasteiger partial charge in [0.2, 0.25) is 0 Å². The first kappa shape index (κ1) is 17.4. The highest BCUT2D eigenvalue weighted by molar-refractivity contribution is 7.90. The van der Waals surface area contributed by atoms with Crippen molar-refractivity contribution in [3.63, 3.8) is 0 Å². The minimum Gasteiger partial charge on any atom is -0.314 e. The summed E-state index contributed by atoms with van der Waals surface area (Å²) < 4.78 is 23.7. The second-order valence-corrected chi connectivity index (χ2v) is 8.72. The molecule has 5 heteroatoms. The van der Waals surface area contributed by atoms with Crippen LogP contribution in [-0.4, -0.2) is 45.2 Å². The number of likely N-dealkylation sites (tertiary alicyclic amines) is 1. The van der Waals surface area contributed by atoms with E-state index in [0.717, 1.165) is 44.6 Å². The lowest BCUT2D eigenvalue weighted by Crippen LogP contribution is -2.43. The van der Waals surface area contributed by atoms with Gasteiger partial charge in [0.05, 0.1) is 4.90 Å². The number of hydrogen-bond donors (Lipinski definition) is 1. The van der Waals surface area contributed by atoms with Crippen LogP contribution in [0, 0.1) is 5.92 Å². The van der Waals surface area contributed by atoms with Gasteiger partial charge < -0.3 is 5.32 Å². The number of piperidine rings is 1. The van der Waals surface area contributed by atoms with E-state index >= 15 is 0 Å². The summed E-state index contributed by atoms with van der Waals surface area (Å²) in [6, 6.07) is 7.95. The maximum atomic E-state index is 11.9. The molecule has 0 radical (unpaired) electrons. The fourth-order valence-corrected chi connectivity index (χ4v) is 3.87. The van der Waals surface area contributed by atoms with Crippen molar-refractivity contribution in [3.8, 4) is 0 Å². The molecule has 0 bridgehead atoms. The van der Waals surface area contributed by atoms with Gasteiger partial charge in [0.25, 0.3) is 0 Å². The third-order valence-electron chi connectivity index (χ3n) is 4.17. The normalized spacial score (nSPS) is 18.0. The summed E-state index contributed by atoms with van der Waals surface area (Å²) in [6.07, 6.45) is 3.55. The van der Waals surface area contributed by atoms with Crippen LogP contribution in [0.4, 0.5) is 0 Å². The van der Waals surface area contributed by atoms with E-state index in [1.807, 2.05) is 12.1 Å². The van der Waals surface area contributed by atoms with Crippen LogP contribution < -0.4 is 5.32 Å². The maximum Gasteiger partial charge on any atom is 0.175 e. The monoisotopic (exact) mass is 324 g/mol. The summed E-state index contributed by atoms with van der Waals surface area (Å²) in [4.78, 5) is 2.83. The molecule has 0 amide bonds. The van der Waals surface area contributed by atoms with Gasteiger partial charge in [-0.25, -0.2) is 8.42 Å². The van der Waals surface area contributed by atoms with Crippen molar-refractivity contribution < 1.29 is 8.42 Å². The summed E-state index contributed by atoms with van der Waals surface area (Å²) in [5, 5.41) is 3.62. The molecule has 0 unspecified atom stereocenters. The lowest BCUT2D eigenvalue weighted by atomic mass is 10.0. The largest absolute Gasteiger partial charge is 0.314 e. The lowest BCUT2D eigenvalue weighted by molar-refractivity contribution is 0.187. The summed E-state index contributed by atoms with van der Waals surface area (Å²) in [5.74, 6) is 0.680. The minimum atomic E-state index is -3.15. The molecule has 0 saturated carbocycles. The smallest absolute Gasteiger partial charge is 0.175 e. The van der Waals surface area contributed by atoms with Crippen molar-refractivity contribution in [1.29, 1.82) is 0 Å². The molecule has 0 aliphatic carbocycles. The Morgan fingerprint density at radius 2 is 1.86 bits per heavy atom. The molecule has 1 heterocycles. The van der Waals surface area contributed by atoms with Crippen molar-refractivity contribution in [3.05, 3.63) is 29.8 Å². The first-order chi connectivity index (χ1) is 10.4. The SMILES string of the molecule is CC(C)CNC1CCN(Cc2ccccc2S(C)(=O)=O)CC1. The van der Waals surface area contributed by atoms with Gasteiger partial charge in [-0.2, -0.15) is 0 Å². The minimum absolute atomic E-state index is 0.468. The summed E-state index contributed by atoms with van der Waals surface area (Å²) in [7, 11) is -3.15. The van der Waals surface area contributed by atoms with E-state index in [2.05, 4.69) is 24.1 Å². The molecular formula is C17H28N2O2S. The number of sulfone groups is 1. The van der Waals surface area contributed by atoms with Gasteiger partial charge in [-0.15, -0.1) is 0 Å². The molecule has 124 valence electrons. The summed E-state index contributed by atoms with van der Waals surface area (Å²) in [6.45, 7) is 8.29. The molecular weight excluding hydrogens is 296 g/mol. The first-order valence-electron chi connectivity index (χ1n) is 8.10. The maximum absolute atomic E-state index is 11.9. The van der Waals surface area contributed by atoms with Crippen LogP contribution in [0.1, 0.15) is 32.3 Å². The topological polar surface area (TPSA) is 49.4 Å². The number of nitrogens with zero attached hydrogens (tertiary/aromatic N) is 1. The van der Waals surface area contributed by atoms with Gasteiger partial charge in [-0.05, 0) is 50.0 Å². The van der Waals surface area contributed by atoms with Gasteiger partial charge in [-0.3, -0.25) is 4.90 Å². The van der Waals surface area contributed by atoms with Crippen molar-refractivity contribution in [2.75, 3.05) is 25.9 Å². The third kappa shape index (κ3) is 5.07. The highest BCUT2D eigenvalue weighted by Gasteiger charge is 2.21. The molecule has 1 fully saturated rings. The van der Waals surface area contributed by atoms with Gasteiger partial charge in [-0.1, -0.05) is 32.0 Å². The Morgan fingerprint density at radius 3 is 2.45 bits per heavy atom. The molecule has 1 aliphatic rings. The van der Waals surface area contributed by atoms with E-state index in [4.69, 9.17) is 0 Å². The molecule has 1 aromatic rings. The second-order valence-electron chi connectivity index (χ2n) is 6.73. The molecule has 1 aromatic carbocycles. The van der Waals surface area contributed by atoms with E-state index < -0.39 is 9.84 Å². The van der Waals surface area contributed by atoms with E-state index in [-0.39, 0.29) is 0 Å². The van der Waals surface area contributed by atoms with Crippen LogP contribution in [0.25, 0.3) is 0 Å². The highest BCUT2D eigenvalue weighted by Crippen LogP contribution is 2.20. The average Bonchev–Trinajstić information content (AvgIpc) is 2.46. The third-order valence-corrected chi connectivity index (χ3v) is 5.37. The zero-order chi connectivity index (χ0) is 16.2. The van der Waals surface area contributed by atoms with Crippen molar-refractivity contribution in [2.24, 2.45) is 5.92 Å². The molecule has 4 nitrogen and oxygen atoms in total. The zero-order valence-corrected chi connectivity index (χ0v) is 14.7. The van der Waals surface area contributed by atoms with Gasteiger partial charge in [0, 0.05) is 18.8 Å². The molecule has 22 heavy (non-hydrogen) atoms. The Morgan fingerprint density at radius 1 is 1.23 bits per heavy atom. The Labute approximate surface area is 134 Å². The zero-order valence-electron chi connectivity index (χ0n) is 13.9. The molecule has 0 spiro atoms. The fraction of sp³-hybridized carbons (Fsp3) is 0.647. The van der Waals surface area contributed by atoms with Crippen molar-refractivity contribution in [1.82, 2.24) is 10.2 Å². The number of hydrogen-bond acceptors (Lipinski definition) is 4. The van der Waals surface area contributed by atoms with Gasteiger partial charge >= 0.3 is 0 Å². The Hall–Kier alpha value is -0.910. The predicted octanol–water partition coefficient (Wildman–Crippen LogP) is 2.30. The second kappa shape index (κ2) is 7.57. The number of rotatable bonds is 6. The predicted molar refractivity (Wildman–Crippen MR) is 90.7 cm³/mol. The number of benzene rings is 1. The van der Waals surface area contributed by atoms with E-state index in [1.165, 1.54) is 6.26 Å². The van der Waals surface area contributed by atoms with E-state index in [0.29, 0.717) is 16.9 Å². The Bertz CT molecular complexity index is 576. The van der Waals surface area contributed by atoms with Gasteiger partial charge in [0.15, 0.2) is 9.84 Å². The van der Waals surface area contributed by atoms with E-state index in [1.54, 1.807) is 12.1 Å². The molecule has 1 saturated heterocycles. The van der Waals surface area contributed by atoms with Crippen LogP contribution in [0.2, 0.25) is 0 Å². The summed E-state index contributed by atoms with van der Waals surface area (Å²) >= 11 is 0. The molecule has 2 rings (SSSR count). The van der Waals surface area contributed by atoms with E-state index in [9.17, 15) is 8.42 Å². The quantitative estimate of drug-likeness (QED) is 0.872. The van der Waals surface area contributed by atoms with Crippen molar-refractivity contribution >= 4 is 9.84 Å². The van der Waals surface area contributed by atoms with Crippen molar-refractivity contribution in [2.45, 2.75) is 44.2 Å². The molecule has 1 aliphatic heterocycles. The molecule has 0 aromatic heterocycles. The van der Waals surface area contributed by atoms with Crippen LogP contribution in [0.15, 0.2) is 29.2 Å². The fourth-order valence-electron chi connectivity index (χ4n) is 2.93.